The van der Waals surface area contributed by atoms with Crippen molar-refractivity contribution in [1.29, 1.82) is 0 Å². The van der Waals surface area contributed by atoms with Crippen LogP contribution < -0.4 is 9.84 Å². The molecule has 102 valence electrons. The largest absolute Gasteiger partial charge is 0.550 e. The molecule has 0 aliphatic rings. The van der Waals surface area contributed by atoms with E-state index in [0.29, 0.717) is 6.54 Å². The fourth-order valence-electron chi connectivity index (χ4n) is 2.48. The zero-order chi connectivity index (χ0) is 14.2. The lowest BCUT2D eigenvalue weighted by Gasteiger charge is -2.12. The van der Waals surface area contributed by atoms with Crippen LogP contribution in [0.15, 0.2) is 12.1 Å². The Hall–Kier alpha value is -1.97. The molecule has 19 heavy (non-hydrogen) atoms. The highest BCUT2D eigenvalue weighted by Crippen LogP contribution is 2.32. The molecule has 0 N–H and O–H groups in total. The van der Waals surface area contributed by atoms with Crippen LogP contribution in [-0.4, -0.2) is 17.6 Å². The van der Waals surface area contributed by atoms with Gasteiger partial charge in [-0.1, -0.05) is 0 Å². The molecule has 0 radical (unpaired) electrons. The van der Waals surface area contributed by atoms with E-state index in [1.807, 2.05) is 24.5 Å². The number of aliphatic carboxylic acids is 1. The zero-order valence-corrected chi connectivity index (χ0v) is 11.7. The fraction of sp³-hybridized carbons (Fsp3) is 0.400. The number of hydrogen-bond acceptors (Lipinski definition) is 3. The molecule has 1 heterocycles. The Kier molecular flexibility index (Phi) is 3.51. The van der Waals surface area contributed by atoms with E-state index in [0.717, 1.165) is 27.9 Å². The van der Waals surface area contributed by atoms with Gasteiger partial charge in [0.2, 0.25) is 0 Å². The third-order valence-corrected chi connectivity index (χ3v) is 3.71. The predicted molar refractivity (Wildman–Crippen MR) is 72.3 cm³/mol. The molecule has 4 heteroatoms. The van der Waals surface area contributed by atoms with E-state index in [1.165, 1.54) is 5.56 Å². The third kappa shape index (κ3) is 2.30. The number of benzene rings is 1. The van der Waals surface area contributed by atoms with Crippen molar-refractivity contribution >= 4 is 16.9 Å². The Labute approximate surface area is 112 Å². The van der Waals surface area contributed by atoms with E-state index < -0.39 is 5.97 Å². The van der Waals surface area contributed by atoms with Crippen LogP contribution >= 0.6 is 0 Å². The summed E-state index contributed by atoms with van der Waals surface area (Å²) in [7, 11) is 1.65. The van der Waals surface area contributed by atoms with E-state index in [2.05, 4.69) is 13.0 Å². The summed E-state index contributed by atoms with van der Waals surface area (Å²) in [5, 5.41) is 11.8. The minimum absolute atomic E-state index is 0.0137. The summed E-state index contributed by atoms with van der Waals surface area (Å²) in [5.74, 6) is -0.199. The number of ether oxygens (including phenoxy) is 1. The average molecular weight is 260 g/mol. The molecule has 0 atom stereocenters. The highest BCUT2D eigenvalue weighted by Gasteiger charge is 2.12. The number of nitrogens with zero attached hydrogens (tertiary/aromatic N) is 1. The van der Waals surface area contributed by atoms with Gasteiger partial charge in [0.05, 0.1) is 12.6 Å². The first-order valence-corrected chi connectivity index (χ1v) is 6.29. The number of aromatic nitrogens is 1. The van der Waals surface area contributed by atoms with Crippen LogP contribution in [0.2, 0.25) is 0 Å². The molecule has 2 aromatic rings. The first kappa shape index (κ1) is 13.5. The number of carbonyl (C=O) groups excluding carboxylic acids is 1. The number of methoxy groups -OCH3 is 1. The zero-order valence-electron chi connectivity index (χ0n) is 11.7. The molecular formula is C15H18NO3-. The van der Waals surface area contributed by atoms with Gasteiger partial charge in [0.15, 0.2) is 0 Å². The lowest BCUT2D eigenvalue weighted by Crippen LogP contribution is -2.23. The standard InChI is InChI=1S/C15H19NO3/c1-9-7-12-10(2)11(3)14(19-4)8-13(12)16(9)6-5-15(17)18/h7-8H,5-6H2,1-4H3,(H,17,18)/p-1. The van der Waals surface area contributed by atoms with E-state index in [9.17, 15) is 9.90 Å². The van der Waals surface area contributed by atoms with Crippen molar-refractivity contribution in [3.63, 3.8) is 0 Å². The van der Waals surface area contributed by atoms with Crippen LogP contribution in [0, 0.1) is 20.8 Å². The maximum Gasteiger partial charge on any atom is 0.124 e. The summed E-state index contributed by atoms with van der Waals surface area (Å²) in [6.45, 7) is 6.49. The molecule has 0 spiro atoms. The molecule has 0 aliphatic heterocycles. The first-order chi connectivity index (χ1) is 8.95. The Balaban J connectivity index is 2.61. The van der Waals surface area contributed by atoms with E-state index in [1.54, 1.807) is 7.11 Å². The number of carbonyl (C=O) groups is 1. The molecule has 0 saturated heterocycles. The van der Waals surface area contributed by atoms with Gasteiger partial charge in [0.25, 0.3) is 0 Å². The number of fused-ring (bicyclic) bond motifs is 1. The van der Waals surface area contributed by atoms with Crippen LogP contribution in [0.4, 0.5) is 0 Å². The number of carboxylic acid groups (broad SMARTS) is 1. The van der Waals surface area contributed by atoms with Crippen molar-refractivity contribution in [3.05, 3.63) is 29.0 Å². The van der Waals surface area contributed by atoms with Gasteiger partial charge in [0.1, 0.15) is 5.75 Å². The van der Waals surface area contributed by atoms with Crippen LogP contribution in [-0.2, 0) is 11.3 Å². The predicted octanol–water partition coefficient (Wildman–Crippen LogP) is 1.72. The SMILES string of the molecule is COc1cc2c(cc(C)n2CCC(=O)[O-])c(C)c1C. The van der Waals surface area contributed by atoms with Crippen molar-refractivity contribution in [2.24, 2.45) is 0 Å². The number of hydrogen-bond donors (Lipinski definition) is 0. The second-order valence-corrected chi connectivity index (χ2v) is 4.82. The van der Waals surface area contributed by atoms with E-state index in [-0.39, 0.29) is 6.42 Å². The normalized spacial score (nSPS) is 10.9. The van der Waals surface area contributed by atoms with Gasteiger partial charge < -0.3 is 19.2 Å². The Morgan fingerprint density at radius 2 is 1.95 bits per heavy atom. The minimum Gasteiger partial charge on any atom is -0.550 e. The summed E-state index contributed by atoms with van der Waals surface area (Å²) in [6, 6.07) is 4.06. The van der Waals surface area contributed by atoms with E-state index in [4.69, 9.17) is 4.74 Å². The number of aryl methyl sites for hydroxylation is 3. The molecule has 1 aromatic heterocycles. The summed E-state index contributed by atoms with van der Waals surface area (Å²) in [6.07, 6.45) is 0.0137. The molecule has 0 amide bonds. The van der Waals surface area contributed by atoms with Crippen LogP contribution in [0.25, 0.3) is 10.9 Å². The lowest BCUT2D eigenvalue weighted by molar-refractivity contribution is -0.305. The van der Waals surface area contributed by atoms with Gasteiger partial charge in [-0.05, 0) is 38.0 Å². The quantitative estimate of drug-likeness (QED) is 0.841. The minimum atomic E-state index is -1.03. The van der Waals surface area contributed by atoms with Crippen molar-refractivity contribution < 1.29 is 14.6 Å². The molecule has 0 unspecified atom stereocenters. The summed E-state index contributed by atoms with van der Waals surface area (Å²) < 4.78 is 7.38. The Bertz CT molecular complexity index is 641. The topological polar surface area (TPSA) is 54.3 Å². The molecule has 0 bridgehead atoms. The van der Waals surface area contributed by atoms with Gasteiger partial charge in [-0.15, -0.1) is 0 Å². The van der Waals surface area contributed by atoms with Crippen LogP contribution in [0.1, 0.15) is 23.2 Å². The van der Waals surface area contributed by atoms with Gasteiger partial charge in [-0.25, -0.2) is 0 Å². The van der Waals surface area contributed by atoms with Gasteiger partial charge >= 0.3 is 0 Å². The van der Waals surface area contributed by atoms with Gasteiger partial charge in [0, 0.05) is 36.1 Å². The molecule has 0 aliphatic carbocycles. The second-order valence-electron chi connectivity index (χ2n) is 4.82. The monoisotopic (exact) mass is 260 g/mol. The first-order valence-electron chi connectivity index (χ1n) is 6.29. The average Bonchev–Trinajstić information content (AvgIpc) is 2.67. The molecule has 4 nitrogen and oxygen atoms in total. The maximum atomic E-state index is 10.6. The highest BCUT2D eigenvalue weighted by molar-refractivity contribution is 5.87. The molecule has 0 saturated carbocycles. The van der Waals surface area contributed by atoms with Crippen molar-refractivity contribution in [2.75, 3.05) is 7.11 Å². The smallest absolute Gasteiger partial charge is 0.124 e. The Morgan fingerprint density at radius 3 is 2.53 bits per heavy atom. The van der Waals surface area contributed by atoms with Gasteiger partial charge in [-0.2, -0.15) is 0 Å². The van der Waals surface area contributed by atoms with Crippen LogP contribution in [0.3, 0.4) is 0 Å². The molecule has 1 aromatic carbocycles. The highest BCUT2D eigenvalue weighted by atomic mass is 16.5. The molecule has 2 rings (SSSR count). The van der Waals surface area contributed by atoms with Crippen molar-refractivity contribution in [2.45, 2.75) is 33.7 Å². The van der Waals surface area contributed by atoms with Gasteiger partial charge in [-0.3, -0.25) is 0 Å². The van der Waals surface area contributed by atoms with Crippen molar-refractivity contribution in [3.8, 4) is 5.75 Å². The second kappa shape index (κ2) is 4.96. The summed E-state index contributed by atoms with van der Waals surface area (Å²) in [5.41, 5.74) is 4.35. The summed E-state index contributed by atoms with van der Waals surface area (Å²) in [4.78, 5) is 10.6. The summed E-state index contributed by atoms with van der Waals surface area (Å²) >= 11 is 0. The third-order valence-electron chi connectivity index (χ3n) is 3.71. The van der Waals surface area contributed by atoms with E-state index >= 15 is 0 Å². The van der Waals surface area contributed by atoms with Crippen LogP contribution in [0.5, 0.6) is 5.75 Å². The Morgan fingerprint density at radius 1 is 1.26 bits per heavy atom. The van der Waals surface area contributed by atoms with Crippen molar-refractivity contribution in [1.82, 2.24) is 4.57 Å². The lowest BCUT2D eigenvalue weighted by atomic mass is 10.0. The number of rotatable bonds is 4. The number of carboxylic acids is 1. The molecule has 0 fully saturated rings. The fourth-order valence-corrected chi connectivity index (χ4v) is 2.48. The maximum absolute atomic E-state index is 10.6. The molecular weight excluding hydrogens is 242 g/mol.